The predicted octanol–water partition coefficient (Wildman–Crippen LogP) is 3.20. The second kappa shape index (κ2) is 6.71. The zero-order valence-corrected chi connectivity index (χ0v) is 13.8. The van der Waals surface area contributed by atoms with Crippen LogP contribution in [-0.4, -0.2) is 22.2 Å². The van der Waals surface area contributed by atoms with Crippen molar-refractivity contribution >= 4 is 5.91 Å². The Hall–Kier alpha value is -2.24. The van der Waals surface area contributed by atoms with E-state index in [9.17, 15) is 13.6 Å². The highest BCUT2D eigenvalue weighted by Gasteiger charge is 2.45. The molecule has 0 unspecified atom stereocenters. The van der Waals surface area contributed by atoms with Crippen LogP contribution in [0, 0.1) is 17.6 Å². The molecule has 0 aliphatic heterocycles. The molecule has 0 bridgehead atoms. The van der Waals surface area contributed by atoms with Gasteiger partial charge in [-0.1, -0.05) is 12.1 Å². The van der Waals surface area contributed by atoms with Crippen molar-refractivity contribution in [2.75, 3.05) is 6.54 Å². The summed E-state index contributed by atoms with van der Waals surface area (Å²) in [6, 6.07) is 6.36. The number of amides is 1. The number of carbonyl (C=O) groups is 1. The van der Waals surface area contributed by atoms with Gasteiger partial charge in [-0.15, -0.1) is 0 Å². The van der Waals surface area contributed by atoms with E-state index in [1.165, 1.54) is 6.07 Å². The Morgan fingerprint density at radius 3 is 2.88 bits per heavy atom. The minimum Gasteiger partial charge on any atom is -0.355 e. The summed E-state index contributed by atoms with van der Waals surface area (Å²) in [6.45, 7) is 4.59. The van der Waals surface area contributed by atoms with Crippen molar-refractivity contribution in [2.45, 2.75) is 38.6 Å². The molecule has 0 saturated heterocycles. The van der Waals surface area contributed by atoms with E-state index in [1.807, 2.05) is 16.9 Å². The van der Waals surface area contributed by atoms with Gasteiger partial charge in [0, 0.05) is 31.1 Å². The summed E-state index contributed by atoms with van der Waals surface area (Å²) < 4.78 is 28.9. The van der Waals surface area contributed by atoms with Crippen LogP contribution in [0.4, 0.5) is 8.78 Å². The normalized spacial score (nSPS) is 19.5. The zero-order chi connectivity index (χ0) is 17.3. The molecule has 1 aromatic carbocycles. The van der Waals surface area contributed by atoms with Gasteiger partial charge in [0.1, 0.15) is 0 Å². The van der Waals surface area contributed by atoms with Crippen molar-refractivity contribution in [2.24, 2.45) is 5.92 Å². The van der Waals surface area contributed by atoms with E-state index in [4.69, 9.17) is 0 Å². The standard InChI is InChI=1S/C18H21F2N3O/c1-11(2)23-9-7-12(22-23)6-8-21-18(24)15-10-14(15)13-4-3-5-16(19)17(13)20/h3-5,7,9,11,14-15H,6,8,10H2,1-2H3,(H,21,24)/t14-,15-/m0/s1. The van der Waals surface area contributed by atoms with Gasteiger partial charge in [-0.2, -0.15) is 5.10 Å². The lowest BCUT2D eigenvalue weighted by Crippen LogP contribution is -2.27. The average molecular weight is 333 g/mol. The molecule has 3 rings (SSSR count). The zero-order valence-electron chi connectivity index (χ0n) is 13.8. The fraction of sp³-hybridized carbons (Fsp3) is 0.444. The summed E-state index contributed by atoms with van der Waals surface area (Å²) in [5.41, 5.74) is 1.22. The molecule has 1 heterocycles. The maximum atomic E-state index is 13.8. The molecule has 2 aromatic rings. The van der Waals surface area contributed by atoms with E-state index in [-0.39, 0.29) is 17.7 Å². The van der Waals surface area contributed by atoms with E-state index in [2.05, 4.69) is 24.3 Å². The lowest BCUT2D eigenvalue weighted by atomic mass is 10.1. The van der Waals surface area contributed by atoms with Gasteiger partial charge in [-0.25, -0.2) is 8.78 Å². The van der Waals surface area contributed by atoms with Crippen LogP contribution in [0.2, 0.25) is 0 Å². The van der Waals surface area contributed by atoms with E-state index in [0.717, 1.165) is 11.8 Å². The number of aromatic nitrogens is 2. The molecule has 1 fully saturated rings. The van der Waals surface area contributed by atoms with Crippen LogP contribution in [0.1, 0.15) is 43.5 Å². The third kappa shape index (κ3) is 3.47. The molecule has 1 aliphatic carbocycles. The molecule has 24 heavy (non-hydrogen) atoms. The van der Waals surface area contributed by atoms with Crippen LogP contribution in [0.15, 0.2) is 30.5 Å². The molecule has 1 N–H and O–H groups in total. The number of benzene rings is 1. The number of nitrogens with one attached hydrogen (secondary N) is 1. The fourth-order valence-corrected chi connectivity index (χ4v) is 2.88. The lowest BCUT2D eigenvalue weighted by Gasteiger charge is -2.06. The number of nitrogens with zero attached hydrogens (tertiary/aromatic N) is 2. The predicted molar refractivity (Wildman–Crippen MR) is 86.5 cm³/mol. The van der Waals surface area contributed by atoms with Crippen molar-refractivity contribution in [3.05, 3.63) is 53.4 Å². The maximum Gasteiger partial charge on any atom is 0.223 e. The molecule has 4 nitrogen and oxygen atoms in total. The third-order valence-electron chi connectivity index (χ3n) is 4.38. The van der Waals surface area contributed by atoms with Crippen LogP contribution in [0.25, 0.3) is 0 Å². The molecule has 2 atom stereocenters. The molecule has 0 radical (unpaired) electrons. The smallest absolute Gasteiger partial charge is 0.223 e. The first-order valence-corrected chi connectivity index (χ1v) is 8.23. The van der Waals surface area contributed by atoms with Gasteiger partial charge in [-0.05, 0) is 43.9 Å². The summed E-state index contributed by atoms with van der Waals surface area (Å²) >= 11 is 0. The first-order valence-electron chi connectivity index (χ1n) is 8.23. The lowest BCUT2D eigenvalue weighted by molar-refractivity contribution is -0.122. The highest BCUT2D eigenvalue weighted by molar-refractivity contribution is 5.82. The van der Waals surface area contributed by atoms with Crippen LogP contribution in [-0.2, 0) is 11.2 Å². The summed E-state index contributed by atoms with van der Waals surface area (Å²) in [7, 11) is 0. The second-order valence-electron chi connectivity index (χ2n) is 6.51. The highest BCUT2D eigenvalue weighted by Crippen LogP contribution is 2.48. The topological polar surface area (TPSA) is 46.9 Å². The second-order valence-corrected chi connectivity index (χ2v) is 6.51. The Morgan fingerprint density at radius 1 is 1.38 bits per heavy atom. The van der Waals surface area contributed by atoms with Gasteiger partial charge < -0.3 is 5.32 Å². The number of hydrogen-bond acceptors (Lipinski definition) is 2. The fourth-order valence-electron chi connectivity index (χ4n) is 2.88. The van der Waals surface area contributed by atoms with Crippen LogP contribution >= 0.6 is 0 Å². The first kappa shape index (κ1) is 16.6. The van der Waals surface area contributed by atoms with E-state index in [0.29, 0.717) is 31.0 Å². The van der Waals surface area contributed by atoms with Gasteiger partial charge in [-0.3, -0.25) is 9.48 Å². The van der Waals surface area contributed by atoms with Gasteiger partial charge >= 0.3 is 0 Å². The number of halogens is 2. The Labute approximate surface area is 139 Å². The summed E-state index contributed by atoms with van der Waals surface area (Å²) in [5, 5.41) is 7.29. The van der Waals surface area contributed by atoms with Crippen molar-refractivity contribution in [3.63, 3.8) is 0 Å². The monoisotopic (exact) mass is 333 g/mol. The van der Waals surface area contributed by atoms with Gasteiger partial charge in [0.05, 0.1) is 5.69 Å². The Balaban J connectivity index is 1.49. The Morgan fingerprint density at radius 2 is 2.17 bits per heavy atom. The summed E-state index contributed by atoms with van der Waals surface area (Å²) in [6.07, 6.45) is 3.14. The Kier molecular flexibility index (Phi) is 4.64. The summed E-state index contributed by atoms with van der Waals surface area (Å²) in [4.78, 5) is 12.1. The summed E-state index contributed by atoms with van der Waals surface area (Å²) in [5.74, 6) is -2.29. The van der Waals surface area contributed by atoms with Crippen LogP contribution in [0.3, 0.4) is 0 Å². The minimum absolute atomic E-state index is 0.105. The molecular weight excluding hydrogens is 312 g/mol. The molecular formula is C18H21F2N3O. The minimum atomic E-state index is -0.862. The van der Waals surface area contributed by atoms with Crippen molar-refractivity contribution in [1.82, 2.24) is 15.1 Å². The van der Waals surface area contributed by atoms with Crippen molar-refractivity contribution in [3.8, 4) is 0 Å². The van der Waals surface area contributed by atoms with Gasteiger partial charge in [0.2, 0.25) is 5.91 Å². The quantitative estimate of drug-likeness (QED) is 0.882. The maximum absolute atomic E-state index is 13.8. The van der Waals surface area contributed by atoms with E-state index in [1.54, 1.807) is 6.07 Å². The SMILES string of the molecule is CC(C)n1ccc(CCNC(=O)[C@H]2C[C@H]2c2cccc(F)c2F)n1. The average Bonchev–Trinajstić information content (AvgIpc) is 3.19. The number of hydrogen-bond donors (Lipinski definition) is 1. The number of rotatable bonds is 6. The molecule has 1 saturated carbocycles. The largest absolute Gasteiger partial charge is 0.355 e. The van der Waals surface area contributed by atoms with Crippen LogP contribution in [0.5, 0.6) is 0 Å². The molecule has 6 heteroatoms. The van der Waals surface area contributed by atoms with Crippen molar-refractivity contribution < 1.29 is 13.6 Å². The molecule has 1 aromatic heterocycles. The number of carbonyl (C=O) groups excluding carboxylic acids is 1. The molecule has 1 amide bonds. The first-order chi connectivity index (χ1) is 11.5. The van der Waals surface area contributed by atoms with E-state index >= 15 is 0 Å². The van der Waals surface area contributed by atoms with Crippen molar-refractivity contribution in [1.29, 1.82) is 0 Å². The van der Waals surface area contributed by atoms with E-state index < -0.39 is 11.6 Å². The van der Waals surface area contributed by atoms with Gasteiger partial charge in [0.15, 0.2) is 11.6 Å². The molecule has 128 valence electrons. The van der Waals surface area contributed by atoms with Gasteiger partial charge in [0.25, 0.3) is 0 Å². The Bertz CT molecular complexity index is 742. The molecule has 1 aliphatic rings. The third-order valence-corrected chi connectivity index (χ3v) is 4.38. The molecule has 0 spiro atoms. The highest BCUT2D eigenvalue weighted by atomic mass is 19.2. The van der Waals surface area contributed by atoms with Crippen LogP contribution < -0.4 is 5.32 Å².